The molecule has 10 heteroatoms. The van der Waals surface area contributed by atoms with E-state index in [9.17, 15) is 22.4 Å². The molecule has 0 aromatic heterocycles. The van der Waals surface area contributed by atoms with Crippen LogP contribution in [0.2, 0.25) is 0 Å². The molecule has 1 N–H and O–H groups in total. The molecule has 2 saturated heterocycles. The predicted molar refractivity (Wildman–Crippen MR) is 95.1 cm³/mol. The van der Waals surface area contributed by atoms with Crippen LogP contribution in [-0.2, 0) is 26.0 Å². The molecular formula is C16H17FN2O5S2. The third-order valence-electron chi connectivity index (χ3n) is 4.21. The highest BCUT2D eigenvalue weighted by Crippen LogP contribution is 2.39. The van der Waals surface area contributed by atoms with E-state index in [2.05, 4.69) is 4.99 Å². The fraction of sp³-hybridized carbons (Fsp3) is 0.438. The Morgan fingerprint density at radius 2 is 1.92 bits per heavy atom. The standard InChI is InChI=1S/C16H17FN2O5S2/c17-11-3-1-10(2-4-11)7-19-12-8-26(23,24)9-13(12)25-16(19)18-14(20)5-6-15(21)22/h1-4,12-13H,5-9H2,(H,21,22)/t12-,13+/m1/s1. The van der Waals surface area contributed by atoms with Gasteiger partial charge in [0.05, 0.1) is 24.0 Å². The topological polar surface area (TPSA) is 104 Å². The van der Waals surface area contributed by atoms with Crippen molar-refractivity contribution < 1.29 is 27.5 Å². The fourth-order valence-corrected chi connectivity index (χ4v) is 6.95. The number of amides is 1. The van der Waals surface area contributed by atoms with Gasteiger partial charge < -0.3 is 10.0 Å². The number of carbonyl (C=O) groups excluding carboxylic acids is 1. The quantitative estimate of drug-likeness (QED) is 0.794. The first-order valence-electron chi connectivity index (χ1n) is 7.95. The van der Waals surface area contributed by atoms with Crippen molar-refractivity contribution >= 4 is 38.6 Å². The lowest BCUT2D eigenvalue weighted by Gasteiger charge is -2.24. The summed E-state index contributed by atoms with van der Waals surface area (Å²) in [5.74, 6) is -2.01. The van der Waals surface area contributed by atoms with Gasteiger partial charge in [-0.3, -0.25) is 9.59 Å². The van der Waals surface area contributed by atoms with Crippen LogP contribution in [0.1, 0.15) is 18.4 Å². The molecule has 2 fully saturated rings. The van der Waals surface area contributed by atoms with Crippen molar-refractivity contribution in [3.05, 3.63) is 35.6 Å². The molecular weight excluding hydrogens is 383 g/mol. The number of aliphatic carboxylic acids is 1. The van der Waals surface area contributed by atoms with Gasteiger partial charge in [0.1, 0.15) is 5.82 Å². The Morgan fingerprint density at radius 3 is 2.58 bits per heavy atom. The van der Waals surface area contributed by atoms with Crippen LogP contribution in [0.15, 0.2) is 29.3 Å². The van der Waals surface area contributed by atoms with Crippen molar-refractivity contribution in [3.8, 4) is 0 Å². The van der Waals surface area contributed by atoms with E-state index in [4.69, 9.17) is 5.11 Å². The Labute approximate surface area is 154 Å². The third-order valence-corrected chi connectivity index (χ3v) is 7.46. The minimum atomic E-state index is -3.15. The van der Waals surface area contributed by atoms with Crippen molar-refractivity contribution in [2.75, 3.05) is 11.5 Å². The molecule has 0 saturated carbocycles. The molecule has 140 valence electrons. The second-order valence-corrected chi connectivity index (χ2v) is 9.60. The van der Waals surface area contributed by atoms with Crippen molar-refractivity contribution in [2.24, 2.45) is 4.99 Å². The summed E-state index contributed by atoms with van der Waals surface area (Å²) in [4.78, 5) is 28.3. The first-order chi connectivity index (χ1) is 12.2. The number of fused-ring (bicyclic) bond motifs is 1. The van der Waals surface area contributed by atoms with Gasteiger partial charge in [-0.15, -0.1) is 0 Å². The molecule has 2 aliphatic rings. The van der Waals surface area contributed by atoms with Crippen LogP contribution < -0.4 is 0 Å². The van der Waals surface area contributed by atoms with Gasteiger partial charge in [-0.1, -0.05) is 23.9 Å². The van der Waals surface area contributed by atoms with Crippen LogP contribution in [0, 0.1) is 5.82 Å². The second kappa shape index (κ2) is 7.36. The molecule has 7 nitrogen and oxygen atoms in total. The number of carbonyl (C=O) groups is 2. The number of carboxylic acids is 1. The van der Waals surface area contributed by atoms with Crippen molar-refractivity contribution in [1.82, 2.24) is 4.90 Å². The van der Waals surface area contributed by atoms with E-state index in [1.165, 1.54) is 23.9 Å². The molecule has 1 amide bonds. The largest absolute Gasteiger partial charge is 0.481 e. The highest BCUT2D eigenvalue weighted by atomic mass is 32.2. The zero-order chi connectivity index (χ0) is 18.9. The molecule has 2 aliphatic heterocycles. The van der Waals surface area contributed by atoms with Gasteiger partial charge in [0, 0.05) is 18.2 Å². The van der Waals surface area contributed by atoms with Crippen LogP contribution >= 0.6 is 11.8 Å². The fourth-order valence-electron chi connectivity index (χ4n) is 2.98. The molecule has 2 heterocycles. The van der Waals surface area contributed by atoms with Gasteiger partial charge in [-0.05, 0) is 17.7 Å². The number of thioether (sulfide) groups is 1. The summed E-state index contributed by atoms with van der Waals surface area (Å²) in [6.07, 6.45) is -0.517. The maximum Gasteiger partial charge on any atom is 0.303 e. The number of aliphatic imine (C=N–C) groups is 1. The average Bonchev–Trinajstić information content (AvgIpc) is 3.00. The molecule has 2 atom stereocenters. The number of hydrogen-bond acceptors (Lipinski definition) is 5. The molecule has 1 aromatic carbocycles. The first kappa shape index (κ1) is 18.8. The Bertz CT molecular complexity index is 854. The van der Waals surface area contributed by atoms with Crippen molar-refractivity contribution in [2.45, 2.75) is 30.7 Å². The van der Waals surface area contributed by atoms with Crippen LogP contribution in [0.5, 0.6) is 0 Å². The van der Waals surface area contributed by atoms with Crippen LogP contribution in [-0.4, -0.2) is 58.3 Å². The lowest BCUT2D eigenvalue weighted by Crippen LogP contribution is -2.37. The number of sulfone groups is 1. The maximum absolute atomic E-state index is 13.1. The van der Waals surface area contributed by atoms with Gasteiger partial charge >= 0.3 is 5.97 Å². The molecule has 0 spiro atoms. The Hall–Kier alpha value is -1.94. The van der Waals surface area contributed by atoms with E-state index < -0.39 is 21.7 Å². The number of nitrogens with zero attached hydrogens (tertiary/aromatic N) is 2. The molecule has 0 bridgehead atoms. The maximum atomic E-state index is 13.1. The Kier molecular flexibility index (Phi) is 5.33. The van der Waals surface area contributed by atoms with Gasteiger partial charge in [-0.25, -0.2) is 12.8 Å². The molecule has 0 radical (unpaired) electrons. The first-order valence-corrected chi connectivity index (χ1v) is 10.6. The number of carboxylic acid groups (broad SMARTS) is 1. The van der Waals surface area contributed by atoms with Gasteiger partial charge in [-0.2, -0.15) is 4.99 Å². The summed E-state index contributed by atoms with van der Waals surface area (Å²) in [5, 5.41) is 8.85. The average molecular weight is 400 g/mol. The number of rotatable bonds is 5. The van der Waals surface area contributed by atoms with E-state index in [-0.39, 0.29) is 41.5 Å². The third kappa shape index (κ3) is 4.42. The Balaban J connectivity index is 1.82. The van der Waals surface area contributed by atoms with Gasteiger partial charge in [0.25, 0.3) is 0 Å². The summed E-state index contributed by atoms with van der Waals surface area (Å²) in [6, 6.07) is 5.52. The summed E-state index contributed by atoms with van der Waals surface area (Å²) < 4.78 is 37.0. The lowest BCUT2D eigenvalue weighted by molar-refractivity contribution is -0.138. The summed E-state index contributed by atoms with van der Waals surface area (Å²) in [5.41, 5.74) is 0.766. The SMILES string of the molecule is O=C(O)CCC(=O)N=C1S[C@H]2CS(=O)(=O)C[C@H]2N1Cc1ccc(F)cc1. The molecule has 0 unspecified atom stereocenters. The van der Waals surface area contributed by atoms with E-state index in [0.717, 1.165) is 5.56 Å². The predicted octanol–water partition coefficient (Wildman–Crippen LogP) is 1.29. The highest BCUT2D eigenvalue weighted by Gasteiger charge is 2.48. The van der Waals surface area contributed by atoms with Crippen molar-refractivity contribution in [1.29, 1.82) is 0 Å². The molecule has 0 aliphatic carbocycles. The van der Waals surface area contributed by atoms with E-state index >= 15 is 0 Å². The van der Waals surface area contributed by atoms with Crippen LogP contribution in [0.4, 0.5) is 4.39 Å². The number of benzene rings is 1. The second-order valence-electron chi connectivity index (χ2n) is 6.24. The summed E-state index contributed by atoms with van der Waals surface area (Å²) >= 11 is 1.23. The molecule has 1 aromatic rings. The number of amidine groups is 1. The monoisotopic (exact) mass is 400 g/mol. The van der Waals surface area contributed by atoms with E-state index in [1.54, 1.807) is 17.0 Å². The minimum absolute atomic E-state index is 0.0184. The smallest absolute Gasteiger partial charge is 0.303 e. The van der Waals surface area contributed by atoms with E-state index in [0.29, 0.717) is 11.7 Å². The highest BCUT2D eigenvalue weighted by molar-refractivity contribution is 8.15. The van der Waals surface area contributed by atoms with Gasteiger partial charge in [0.2, 0.25) is 5.91 Å². The van der Waals surface area contributed by atoms with Crippen molar-refractivity contribution in [3.63, 3.8) is 0 Å². The lowest BCUT2D eigenvalue weighted by atomic mass is 10.1. The summed E-state index contributed by atoms with van der Waals surface area (Å²) in [7, 11) is -3.15. The zero-order valence-corrected chi connectivity index (χ0v) is 15.3. The molecule has 26 heavy (non-hydrogen) atoms. The van der Waals surface area contributed by atoms with Crippen LogP contribution in [0.3, 0.4) is 0 Å². The summed E-state index contributed by atoms with van der Waals surface area (Å²) in [6.45, 7) is 0.301. The number of hydrogen-bond donors (Lipinski definition) is 1. The zero-order valence-electron chi connectivity index (χ0n) is 13.7. The van der Waals surface area contributed by atoms with E-state index in [1.807, 2.05) is 0 Å². The van der Waals surface area contributed by atoms with Crippen LogP contribution in [0.25, 0.3) is 0 Å². The normalized spacial score (nSPS) is 25.4. The minimum Gasteiger partial charge on any atom is -0.481 e. The molecule has 3 rings (SSSR count). The van der Waals surface area contributed by atoms with Gasteiger partial charge in [0.15, 0.2) is 15.0 Å². The number of halogens is 1. The Morgan fingerprint density at radius 1 is 1.23 bits per heavy atom.